The molecule has 1 aromatic heterocycles. The number of carbonyl (C=O) groups excluding carboxylic acids is 2. The summed E-state index contributed by atoms with van der Waals surface area (Å²) in [5.74, 6) is -1.10. The second-order valence-corrected chi connectivity index (χ2v) is 26.7. The van der Waals surface area contributed by atoms with Crippen molar-refractivity contribution in [3.05, 3.63) is 10.9 Å². The molecule has 2 heterocycles. The molecule has 0 fully saturated rings. The van der Waals surface area contributed by atoms with Gasteiger partial charge in [0, 0.05) is 0 Å². The zero-order chi connectivity index (χ0) is 19.2. The standard InChI is InChI=1S/C13H16NO5S2.3CH3.Sn/c1-13(2,3)19-10(15)8-14-5-7-21(17,18)9-4-6-20-11(9)12(14)16;;;;/h4H,5,7-8H2,1-3H3;3*1H3;. The quantitative estimate of drug-likeness (QED) is 0.474. The molecule has 0 unspecified atom stereocenters. The van der Waals surface area contributed by atoms with Crippen molar-refractivity contribution < 1.29 is 22.7 Å². The minimum absolute atomic E-state index is 0.00403. The zero-order valence-electron chi connectivity index (χ0n) is 15.5. The summed E-state index contributed by atoms with van der Waals surface area (Å²) >= 11 is -1.23. The Kier molecular flexibility index (Phi) is 5.67. The first-order chi connectivity index (χ1) is 11.2. The Morgan fingerprint density at radius 1 is 1.32 bits per heavy atom. The third kappa shape index (κ3) is 4.97. The number of hydrogen-bond donors (Lipinski definition) is 0. The maximum absolute atomic E-state index is 12.9. The van der Waals surface area contributed by atoms with Crippen LogP contribution in [0.3, 0.4) is 0 Å². The molecule has 9 heteroatoms. The number of carbonyl (C=O) groups is 2. The van der Waals surface area contributed by atoms with Crippen LogP contribution in [0.15, 0.2) is 11.0 Å². The Morgan fingerprint density at radius 3 is 2.44 bits per heavy atom. The molecule has 0 atom stereocenters. The van der Waals surface area contributed by atoms with Gasteiger partial charge in [-0.25, -0.2) is 0 Å². The Bertz CT molecular complexity index is 799. The second kappa shape index (κ2) is 6.84. The average molecular weight is 494 g/mol. The van der Waals surface area contributed by atoms with Gasteiger partial charge in [-0.05, 0) is 0 Å². The number of rotatable bonds is 3. The number of ether oxygens (including phenoxy) is 1. The van der Waals surface area contributed by atoms with Crippen molar-refractivity contribution in [1.29, 1.82) is 0 Å². The Balaban J connectivity index is 2.36. The minimum atomic E-state index is -3.53. The van der Waals surface area contributed by atoms with Crippen molar-refractivity contribution >= 4 is 54.3 Å². The summed E-state index contributed by atoms with van der Waals surface area (Å²) in [5.41, 5.74) is -0.653. The monoisotopic (exact) mass is 495 g/mol. The summed E-state index contributed by atoms with van der Waals surface area (Å²) in [4.78, 5) is 33.1. The van der Waals surface area contributed by atoms with E-state index in [4.69, 9.17) is 4.74 Å². The molecule has 0 bridgehead atoms. The van der Waals surface area contributed by atoms with E-state index in [-0.39, 0.29) is 28.6 Å². The van der Waals surface area contributed by atoms with Gasteiger partial charge in [0.2, 0.25) is 0 Å². The van der Waals surface area contributed by atoms with E-state index in [1.54, 1.807) is 26.8 Å². The van der Waals surface area contributed by atoms with Crippen LogP contribution in [-0.4, -0.2) is 68.0 Å². The van der Waals surface area contributed by atoms with Crippen LogP contribution in [0.4, 0.5) is 0 Å². The predicted octanol–water partition coefficient (Wildman–Crippen LogP) is 1.86. The summed E-state index contributed by atoms with van der Waals surface area (Å²) in [7, 11) is -3.53. The molecule has 1 aliphatic heterocycles. The van der Waals surface area contributed by atoms with Gasteiger partial charge in [0.25, 0.3) is 0 Å². The van der Waals surface area contributed by atoms with Crippen molar-refractivity contribution in [3.63, 3.8) is 0 Å². The Labute approximate surface area is 157 Å². The molecule has 0 saturated heterocycles. The number of nitrogens with zero attached hydrogens (tertiary/aromatic N) is 1. The molecule has 0 N–H and O–H groups in total. The normalized spacial score (nSPS) is 17.8. The first-order valence-electron chi connectivity index (χ1n) is 8.09. The van der Waals surface area contributed by atoms with E-state index in [2.05, 4.69) is 14.8 Å². The van der Waals surface area contributed by atoms with Gasteiger partial charge in [0.1, 0.15) is 0 Å². The number of hydrogen-bond acceptors (Lipinski definition) is 6. The molecule has 0 saturated carbocycles. The van der Waals surface area contributed by atoms with Crippen LogP contribution in [0.25, 0.3) is 0 Å². The maximum atomic E-state index is 12.9. The van der Waals surface area contributed by atoms with E-state index in [0.717, 1.165) is 2.89 Å². The molecule has 1 amide bonds. The molecule has 0 aromatic carbocycles. The number of esters is 1. The van der Waals surface area contributed by atoms with Gasteiger partial charge in [0.15, 0.2) is 0 Å². The molecule has 0 aliphatic carbocycles. The SMILES string of the molecule is CC(C)(C)OC(=O)CN1CCS(=O)(=O)c2c[c]([Sn]([CH3])([CH3])[CH3])sc2C1=O. The van der Waals surface area contributed by atoms with E-state index < -0.39 is 45.7 Å². The third-order valence-corrected chi connectivity index (χ3v) is 16.0. The topological polar surface area (TPSA) is 80.8 Å². The van der Waals surface area contributed by atoms with Gasteiger partial charge in [-0.3, -0.25) is 0 Å². The third-order valence-electron chi connectivity index (χ3n) is 3.62. The fourth-order valence-electron chi connectivity index (χ4n) is 2.39. The fraction of sp³-hybridized carbons (Fsp3) is 0.625. The summed E-state index contributed by atoms with van der Waals surface area (Å²) in [6.07, 6.45) is 0. The summed E-state index contributed by atoms with van der Waals surface area (Å²) in [6, 6.07) is 1.69. The second-order valence-electron chi connectivity index (χ2n) is 8.19. The fourth-order valence-corrected chi connectivity index (χ4v) is 10.8. The first kappa shape index (κ1) is 20.7. The average Bonchev–Trinajstić information content (AvgIpc) is 2.83. The molecule has 25 heavy (non-hydrogen) atoms. The number of sulfone groups is 1. The summed E-state index contributed by atoms with van der Waals surface area (Å²) in [6.45, 7) is 5.01. The van der Waals surface area contributed by atoms with Crippen LogP contribution >= 0.6 is 11.3 Å². The summed E-state index contributed by atoms with van der Waals surface area (Å²) < 4.78 is 31.4. The van der Waals surface area contributed by atoms with Crippen molar-refractivity contribution in [3.8, 4) is 0 Å². The van der Waals surface area contributed by atoms with Gasteiger partial charge in [0.05, 0.1) is 0 Å². The van der Waals surface area contributed by atoms with Crippen LogP contribution in [0, 0.1) is 0 Å². The zero-order valence-corrected chi connectivity index (χ0v) is 20.0. The van der Waals surface area contributed by atoms with Crippen LogP contribution < -0.4 is 2.89 Å². The molecule has 0 radical (unpaired) electrons. The van der Waals surface area contributed by atoms with E-state index in [1.165, 1.54) is 16.2 Å². The molecule has 1 aromatic rings. The van der Waals surface area contributed by atoms with Gasteiger partial charge >= 0.3 is 158 Å². The van der Waals surface area contributed by atoms with Crippen LogP contribution in [-0.2, 0) is 19.4 Å². The number of thiophene rings is 1. The van der Waals surface area contributed by atoms with Crippen LogP contribution in [0.5, 0.6) is 0 Å². The Hall–Kier alpha value is -0.611. The van der Waals surface area contributed by atoms with E-state index in [0.29, 0.717) is 0 Å². The Morgan fingerprint density at radius 2 is 1.92 bits per heavy atom. The molecular weight excluding hydrogens is 469 g/mol. The molecule has 6 nitrogen and oxygen atoms in total. The number of amides is 1. The van der Waals surface area contributed by atoms with E-state index in [1.807, 2.05) is 0 Å². The van der Waals surface area contributed by atoms with Crippen LogP contribution in [0.1, 0.15) is 30.4 Å². The molecule has 140 valence electrons. The molecular formula is C16H25NO5S2Sn. The van der Waals surface area contributed by atoms with Crippen molar-refractivity contribution in [1.82, 2.24) is 4.90 Å². The molecule has 0 spiro atoms. The van der Waals surface area contributed by atoms with Gasteiger partial charge in [-0.1, -0.05) is 0 Å². The van der Waals surface area contributed by atoms with Gasteiger partial charge in [-0.15, -0.1) is 0 Å². The van der Waals surface area contributed by atoms with Crippen molar-refractivity contribution in [2.24, 2.45) is 0 Å². The van der Waals surface area contributed by atoms with E-state index in [9.17, 15) is 18.0 Å². The van der Waals surface area contributed by atoms with Gasteiger partial charge < -0.3 is 0 Å². The number of fused-ring (bicyclic) bond motifs is 1. The molecule has 1 aliphatic rings. The van der Waals surface area contributed by atoms with Crippen molar-refractivity contribution in [2.75, 3.05) is 18.8 Å². The summed E-state index contributed by atoms with van der Waals surface area (Å²) in [5, 5.41) is 0. The first-order valence-corrected chi connectivity index (χ1v) is 20.5. The predicted molar refractivity (Wildman–Crippen MR) is 101 cm³/mol. The van der Waals surface area contributed by atoms with Gasteiger partial charge in [-0.2, -0.15) is 0 Å². The van der Waals surface area contributed by atoms with Crippen molar-refractivity contribution in [2.45, 2.75) is 46.1 Å². The van der Waals surface area contributed by atoms with E-state index >= 15 is 0 Å². The molecule has 2 rings (SSSR count). The van der Waals surface area contributed by atoms with Crippen LogP contribution in [0.2, 0.25) is 14.8 Å².